The van der Waals surface area contributed by atoms with E-state index in [1.807, 2.05) is 0 Å². The molecule has 4 heteroatoms. The van der Waals surface area contributed by atoms with Gasteiger partial charge in [-0.25, -0.2) is 4.39 Å². The molecule has 1 fully saturated rings. The first kappa shape index (κ1) is 10.4. The van der Waals surface area contributed by atoms with Crippen molar-refractivity contribution in [3.05, 3.63) is 29.8 Å². The first-order chi connectivity index (χ1) is 7.16. The van der Waals surface area contributed by atoms with Crippen LogP contribution in [0.2, 0.25) is 0 Å². The van der Waals surface area contributed by atoms with E-state index >= 15 is 0 Å². The third-order valence-corrected chi connectivity index (χ3v) is 2.63. The second-order valence-corrected chi connectivity index (χ2v) is 3.86. The molecule has 2 nitrogen and oxygen atoms in total. The molecule has 2 N–H and O–H groups in total. The van der Waals surface area contributed by atoms with E-state index in [0.717, 1.165) is 18.9 Å². The summed E-state index contributed by atoms with van der Waals surface area (Å²) in [6.45, 7) is 0. The molecule has 0 aliphatic heterocycles. The minimum atomic E-state index is -0.919. The van der Waals surface area contributed by atoms with Crippen molar-refractivity contribution in [3.63, 3.8) is 0 Å². The number of hydrogen-bond donors (Lipinski definition) is 1. The molecule has 2 atom stereocenters. The van der Waals surface area contributed by atoms with Gasteiger partial charge >= 0.3 is 0 Å². The fourth-order valence-corrected chi connectivity index (χ4v) is 1.83. The van der Waals surface area contributed by atoms with Crippen LogP contribution in [0.1, 0.15) is 19.3 Å². The third kappa shape index (κ3) is 2.26. The van der Waals surface area contributed by atoms with E-state index in [9.17, 15) is 8.78 Å². The molecule has 0 spiro atoms. The van der Waals surface area contributed by atoms with Crippen molar-refractivity contribution < 1.29 is 13.5 Å². The van der Waals surface area contributed by atoms with Crippen molar-refractivity contribution in [2.24, 2.45) is 5.73 Å². The lowest BCUT2D eigenvalue weighted by atomic mass is 10.2. The summed E-state index contributed by atoms with van der Waals surface area (Å²) in [5.74, 6) is -1.82. The molecule has 0 heterocycles. The van der Waals surface area contributed by atoms with Gasteiger partial charge in [0.25, 0.3) is 0 Å². The Morgan fingerprint density at radius 1 is 1.27 bits per heavy atom. The normalized spacial score (nSPS) is 25.5. The molecule has 0 radical (unpaired) electrons. The summed E-state index contributed by atoms with van der Waals surface area (Å²) in [6, 6.07) is 4.06. The Morgan fingerprint density at radius 3 is 2.73 bits per heavy atom. The highest BCUT2D eigenvalue weighted by molar-refractivity contribution is 5.25. The second-order valence-electron chi connectivity index (χ2n) is 3.86. The molecule has 0 bridgehead atoms. The van der Waals surface area contributed by atoms with Crippen molar-refractivity contribution in [2.75, 3.05) is 0 Å². The lowest BCUT2D eigenvalue weighted by Crippen LogP contribution is -2.19. The molecular formula is C11H13F2NO. The Morgan fingerprint density at radius 2 is 2.07 bits per heavy atom. The lowest BCUT2D eigenvalue weighted by Gasteiger charge is -2.13. The van der Waals surface area contributed by atoms with Crippen molar-refractivity contribution in [2.45, 2.75) is 31.4 Å². The highest BCUT2D eigenvalue weighted by Gasteiger charge is 2.24. The average Bonchev–Trinajstić information content (AvgIpc) is 2.59. The molecule has 1 aromatic carbocycles. The first-order valence-electron chi connectivity index (χ1n) is 5.03. The van der Waals surface area contributed by atoms with Crippen molar-refractivity contribution in [3.8, 4) is 5.75 Å². The molecule has 2 rings (SSSR count). The van der Waals surface area contributed by atoms with Gasteiger partial charge in [0.2, 0.25) is 5.82 Å². The third-order valence-electron chi connectivity index (χ3n) is 2.63. The largest absolute Gasteiger partial charge is 0.487 e. The van der Waals surface area contributed by atoms with Gasteiger partial charge in [-0.05, 0) is 31.4 Å². The van der Waals surface area contributed by atoms with Crippen LogP contribution in [-0.4, -0.2) is 12.1 Å². The minimum absolute atomic E-state index is 0.0194. The van der Waals surface area contributed by atoms with Gasteiger partial charge in [-0.3, -0.25) is 0 Å². The van der Waals surface area contributed by atoms with E-state index in [0.29, 0.717) is 6.42 Å². The number of rotatable bonds is 2. The molecule has 1 aromatic rings. The zero-order valence-electron chi connectivity index (χ0n) is 8.25. The zero-order chi connectivity index (χ0) is 10.8. The Labute approximate surface area is 87.0 Å². The molecular weight excluding hydrogens is 200 g/mol. The Bertz CT molecular complexity index is 356. The molecule has 1 aliphatic carbocycles. The summed E-state index contributed by atoms with van der Waals surface area (Å²) < 4.78 is 31.4. The number of halogens is 2. The van der Waals surface area contributed by atoms with Crippen molar-refractivity contribution in [1.29, 1.82) is 0 Å². The van der Waals surface area contributed by atoms with E-state index in [4.69, 9.17) is 10.5 Å². The van der Waals surface area contributed by atoms with Crippen LogP contribution in [0.5, 0.6) is 5.75 Å². The number of ether oxygens (including phenoxy) is 1. The van der Waals surface area contributed by atoms with Gasteiger partial charge in [0.05, 0.1) is 0 Å². The maximum absolute atomic E-state index is 13.2. The summed E-state index contributed by atoms with van der Waals surface area (Å²) in [5.41, 5.74) is 5.70. The second kappa shape index (κ2) is 4.14. The van der Waals surface area contributed by atoms with Crippen LogP contribution in [-0.2, 0) is 0 Å². The van der Waals surface area contributed by atoms with Crippen molar-refractivity contribution >= 4 is 0 Å². The van der Waals surface area contributed by atoms with Gasteiger partial charge in [0, 0.05) is 6.04 Å². The van der Waals surface area contributed by atoms with Crippen molar-refractivity contribution in [1.82, 2.24) is 0 Å². The fourth-order valence-electron chi connectivity index (χ4n) is 1.83. The van der Waals surface area contributed by atoms with Crippen LogP contribution in [0, 0.1) is 11.6 Å². The van der Waals surface area contributed by atoms with Crippen LogP contribution < -0.4 is 10.5 Å². The van der Waals surface area contributed by atoms with Crippen LogP contribution >= 0.6 is 0 Å². The molecule has 1 saturated carbocycles. The number of nitrogens with two attached hydrogens (primary N) is 1. The SMILES string of the molecule is NC1CCC(Oc2cccc(F)c2F)C1. The minimum Gasteiger partial charge on any atom is -0.487 e. The smallest absolute Gasteiger partial charge is 0.200 e. The van der Waals surface area contributed by atoms with Crippen LogP contribution in [0.15, 0.2) is 18.2 Å². The summed E-state index contributed by atoms with van der Waals surface area (Å²) in [4.78, 5) is 0. The highest BCUT2D eigenvalue weighted by Crippen LogP contribution is 2.26. The molecule has 82 valence electrons. The van der Waals surface area contributed by atoms with E-state index in [1.165, 1.54) is 12.1 Å². The fraction of sp³-hybridized carbons (Fsp3) is 0.455. The van der Waals surface area contributed by atoms with E-state index in [1.54, 1.807) is 0 Å². The summed E-state index contributed by atoms with van der Waals surface area (Å²) in [7, 11) is 0. The molecule has 0 saturated heterocycles. The van der Waals surface area contributed by atoms with Crippen LogP contribution in [0.25, 0.3) is 0 Å². The predicted octanol–water partition coefficient (Wildman–Crippen LogP) is 2.22. The van der Waals surface area contributed by atoms with E-state index in [2.05, 4.69) is 0 Å². The molecule has 0 amide bonds. The quantitative estimate of drug-likeness (QED) is 0.817. The molecule has 0 aromatic heterocycles. The standard InChI is InChI=1S/C11H13F2NO/c12-9-2-1-3-10(11(9)13)15-8-5-4-7(14)6-8/h1-3,7-8H,4-6,14H2. The molecule has 1 aliphatic rings. The maximum atomic E-state index is 13.2. The van der Waals surface area contributed by atoms with E-state index < -0.39 is 11.6 Å². The van der Waals surface area contributed by atoms with Crippen LogP contribution in [0.4, 0.5) is 8.78 Å². The zero-order valence-corrected chi connectivity index (χ0v) is 8.25. The van der Waals surface area contributed by atoms with E-state index in [-0.39, 0.29) is 17.9 Å². The summed E-state index contributed by atoms with van der Waals surface area (Å²) in [5, 5.41) is 0. The topological polar surface area (TPSA) is 35.2 Å². The maximum Gasteiger partial charge on any atom is 0.200 e. The van der Waals surface area contributed by atoms with Crippen LogP contribution in [0.3, 0.4) is 0 Å². The highest BCUT2D eigenvalue weighted by atomic mass is 19.2. The van der Waals surface area contributed by atoms with Gasteiger partial charge in [-0.2, -0.15) is 4.39 Å². The van der Waals surface area contributed by atoms with Gasteiger partial charge in [0.1, 0.15) is 6.10 Å². The number of benzene rings is 1. The predicted molar refractivity (Wildman–Crippen MR) is 52.6 cm³/mol. The monoisotopic (exact) mass is 213 g/mol. The lowest BCUT2D eigenvalue weighted by molar-refractivity contribution is 0.196. The summed E-state index contributed by atoms with van der Waals surface area (Å²) >= 11 is 0. The van der Waals surface area contributed by atoms with Gasteiger partial charge < -0.3 is 10.5 Å². The Kier molecular flexibility index (Phi) is 2.86. The summed E-state index contributed by atoms with van der Waals surface area (Å²) in [6.07, 6.45) is 2.30. The molecule has 15 heavy (non-hydrogen) atoms. The number of hydrogen-bond acceptors (Lipinski definition) is 2. The first-order valence-corrected chi connectivity index (χ1v) is 5.03. The average molecular weight is 213 g/mol. The van der Waals surface area contributed by atoms with Gasteiger partial charge in [0.15, 0.2) is 11.6 Å². The molecule has 2 unspecified atom stereocenters. The Balaban J connectivity index is 2.07. The van der Waals surface area contributed by atoms with Gasteiger partial charge in [-0.1, -0.05) is 6.07 Å². The Hall–Kier alpha value is -1.16. The van der Waals surface area contributed by atoms with Gasteiger partial charge in [-0.15, -0.1) is 0 Å².